The van der Waals surface area contributed by atoms with Crippen LogP contribution in [0.25, 0.3) is 21.3 Å². The maximum absolute atomic E-state index is 13.5. The minimum atomic E-state index is -0.210. The third-order valence-electron chi connectivity index (χ3n) is 5.12. The molecule has 9 nitrogen and oxygen atoms in total. The quantitative estimate of drug-likeness (QED) is 0.452. The van der Waals surface area contributed by atoms with Crippen molar-refractivity contribution >= 4 is 61.6 Å². The summed E-state index contributed by atoms with van der Waals surface area (Å²) >= 11 is 14.2. The zero-order valence-corrected chi connectivity index (χ0v) is 18.6. The van der Waals surface area contributed by atoms with Gasteiger partial charge in [0, 0.05) is 39.1 Å². The van der Waals surface area contributed by atoms with Crippen LogP contribution in [0.4, 0.5) is 5.82 Å². The van der Waals surface area contributed by atoms with E-state index in [0.29, 0.717) is 58.6 Å². The normalized spacial score (nSPS) is 14.5. The van der Waals surface area contributed by atoms with Crippen molar-refractivity contribution in [1.82, 2.24) is 29.9 Å². The largest absolute Gasteiger partial charge is 0.368 e. The topological polar surface area (TPSA) is 101 Å². The fourth-order valence-electron chi connectivity index (χ4n) is 3.68. The lowest BCUT2D eigenvalue weighted by Crippen LogP contribution is -2.54. The lowest BCUT2D eigenvalue weighted by molar-refractivity contribution is 0.467. The highest BCUT2D eigenvalue weighted by molar-refractivity contribution is 7.16. The van der Waals surface area contributed by atoms with Crippen LogP contribution in [0.5, 0.6) is 0 Å². The van der Waals surface area contributed by atoms with Gasteiger partial charge in [-0.3, -0.25) is 4.79 Å². The van der Waals surface area contributed by atoms with Crippen molar-refractivity contribution in [2.45, 2.75) is 6.42 Å². The molecule has 0 radical (unpaired) electrons. The molecule has 0 bridgehead atoms. The van der Waals surface area contributed by atoms with E-state index in [9.17, 15) is 4.79 Å². The number of anilines is 1. The Kier molecular flexibility index (Phi) is 5.61. The van der Waals surface area contributed by atoms with Crippen LogP contribution in [0.1, 0.15) is 5.82 Å². The smallest absolute Gasteiger partial charge is 0.281 e. The molecule has 1 aliphatic rings. The predicted molar refractivity (Wildman–Crippen MR) is 124 cm³/mol. The van der Waals surface area contributed by atoms with Gasteiger partial charge < -0.3 is 15.6 Å². The van der Waals surface area contributed by atoms with E-state index < -0.39 is 0 Å². The molecule has 1 aromatic carbocycles. The van der Waals surface area contributed by atoms with Gasteiger partial charge in [0.05, 0.1) is 26.5 Å². The van der Waals surface area contributed by atoms with Crippen LogP contribution in [-0.4, -0.2) is 57.3 Å². The molecule has 0 atom stereocenters. The second kappa shape index (κ2) is 8.54. The van der Waals surface area contributed by atoms with Crippen LogP contribution in [-0.2, 0) is 6.42 Å². The number of halogens is 2. The highest BCUT2D eigenvalue weighted by Gasteiger charge is 2.21. The third-order valence-corrected chi connectivity index (χ3v) is 6.47. The van der Waals surface area contributed by atoms with Crippen molar-refractivity contribution in [2.24, 2.45) is 0 Å². The molecule has 0 saturated carbocycles. The molecular weight excluding hydrogens is 459 g/mol. The van der Waals surface area contributed by atoms with Gasteiger partial charge in [0.15, 0.2) is 5.82 Å². The van der Waals surface area contributed by atoms with E-state index in [1.54, 1.807) is 22.3 Å². The molecule has 3 aromatic heterocycles. The van der Waals surface area contributed by atoms with Crippen molar-refractivity contribution in [2.75, 3.05) is 43.0 Å². The summed E-state index contributed by atoms with van der Waals surface area (Å²) in [6.45, 7) is 3.46. The Labute approximate surface area is 191 Å². The molecule has 5 rings (SSSR count). The maximum atomic E-state index is 13.5. The fourth-order valence-corrected chi connectivity index (χ4v) is 4.74. The number of piperazine rings is 1. The van der Waals surface area contributed by atoms with Crippen molar-refractivity contribution < 1.29 is 0 Å². The lowest BCUT2D eigenvalue weighted by atomic mass is 10.2. The molecule has 4 aromatic rings. The molecule has 1 fully saturated rings. The van der Waals surface area contributed by atoms with E-state index in [1.807, 2.05) is 5.01 Å². The summed E-state index contributed by atoms with van der Waals surface area (Å²) in [5.41, 5.74) is 2.68. The van der Waals surface area contributed by atoms with E-state index in [2.05, 4.69) is 25.6 Å². The van der Waals surface area contributed by atoms with Crippen LogP contribution in [0.2, 0.25) is 10.0 Å². The van der Waals surface area contributed by atoms with Gasteiger partial charge in [0.25, 0.3) is 5.56 Å². The first kappa shape index (κ1) is 20.4. The number of rotatable bonds is 5. The van der Waals surface area contributed by atoms with Crippen LogP contribution < -0.4 is 21.2 Å². The number of aromatic nitrogens is 5. The highest BCUT2D eigenvalue weighted by atomic mass is 35.5. The van der Waals surface area contributed by atoms with E-state index in [4.69, 9.17) is 28.2 Å². The summed E-state index contributed by atoms with van der Waals surface area (Å²) in [5, 5.41) is 9.68. The Morgan fingerprint density at radius 2 is 1.90 bits per heavy atom. The average molecular weight is 477 g/mol. The van der Waals surface area contributed by atoms with E-state index in [1.165, 1.54) is 17.7 Å². The Morgan fingerprint density at radius 1 is 1.10 bits per heavy atom. The molecule has 0 spiro atoms. The van der Waals surface area contributed by atoms with E-state index in [-0.39, 0.29) is 5.56 Å². The van der Waals surface area contributed by atoms with E-state index in [0.717, 1.165) is 23.4 Å². The van der Waals surface area contributed by atoms with Gasteiger partial charge in [-0.1, -0.05) is 23.2 Å². The van der Waals surface area contributed by atoms with Crippen LogP contribution in [0.15, 0.2) is 28.8 Å². The first-order valence-electron chi connectivity index (χ1n) is 9.77. The molecule has 4 heterocycles. The summed E-state index contributed by atoms with van der Waals surface area (Å²) in [7, 11) is 0. The summed E-state index contributed by atoms with van der Waals surface area (Å²) in [5.74, 6) is 1.27. The van der Waals surface area contributed by atoms with Crippen LogP contribution in [0, 0.1) is 0 Å². The molecule has 2 N–H and O–H groups in total. The number of fused-ring (bicyclic) bond motifs is 2. The number of thiazole rings is 1. The zero-order valence-electron chi connectivity index (χ0n) is 16.3. The molecule has 12 heteroatoms. The fraction of sp³-hybridized carbons (Fsp3) is 0.316. The number of benzene rings is 1. The summed E-state index contributed by atoms with van der Waals surface area (Å²) in [4.78, 5) is 31.9. The summed E-state index contributed by atoms with van der Waals surface area (Å²) in [6.07, 6.45) is 1.99. The Balaban J connectivity index is 1.52. The monoisotopic (exact) mass is 476 g/mol. The van der Waals surface area contributed by atoms with Gasteiger partial charge in [-0.15, -0.1) is 11.3 Å². The Hall–Kier alpha value is -2.53. The first-order valence-corrected chi connectivity index (χ1v) is 11.4. The van der Waals surface area contributed by atoms with Crippen molar-refractivity contribution in [1.29, 1.82) is 0 Å². The average Bonchev–Trinajstić information content (AvgIpc) is 3.27. The molecular formula is C19H18Cl2N8OS. The summed E-state index contributed by atoms with van der Waals surface area (Å²) in [6, 6.07) is 3.29. The lowest BCUT2D eigenvalue weighted by Gasteiger charge is -2.32. The van der Waals surface area contributed by atoms with Gasteiger partial charge >= 0.3 is 0 Å². The Bertz CT molecular complexity index is 1320. The zero-order chi connectivity index (χ0) is 21.4. The SMILES string of the molecule is O=c1c2c(Cl)ccc(Cl)c2nc(CCNc2ncnc3scnc23)n1N1CCNCC1. The molecule has 0 unspecified atom stereocenters. The number of nitrogens with zero attached hydrogens (tertiary/aromatic N) is 6. The second-order valence-corrected chi connectivity index (χ2v) is 8.65. The van der Waals surface area contributed by atoms with Crippen molar-refractivity contribution in [3.63, 3.8) is 0 Å². The second-order valence-electron chi connectivity index (χ2n) is 7.01. The maximum Gasteiger partial charge on any atom is 0.281 e. The molecule has 0 aliphatic carbocycles. The minimum absolute atomic E-state index is 0.210. The standard InChI is InChI=1S/C19H18Cl2N8OS/c20-11-1-2-12(21)15-14(11)19(30)29(28-7-5-22-6-8-28)13(27-15)3-4-23-17-16-18(25-9-24-17)31-10-26-16/h1-2,9-10,22H,3-8H2,(H,23,24,25). The number of nitrogens with one attached hydrogen (secondary N) is 2. The van der Waals surface area contributed by atoms with Crippen LogP contribution >= 0.6 is 34.5 Å². The third kappa shape index (κ3) is 3.80. The van der Waals surface area contributed by atoms with Gasteiger partial charge in [-0.2, -0.15) is 0 Å². The molecule has 0 amide bonds. The van der Waals surface area contributed by atoms with Gasteiger partial charge in [-0.05, 0) is 12.1 Å². The van der Waals surface area contributed by atoms with Crippen molar-refractivity contribution in [3.05, 3.63) is 50.2 Å². The predicted octanol–water partition coefficient (Wildman–Crippen LogP) is 2.30. The number of hydrogen-bond donors (Lipinski definition) is 2. The Morgan fingerprint density at radius 3 is 2.74 bits per heavy atom. The molecule has 31 heavy (non-hydrogen) atoms. The number of hydrogen-bond acceptors (Lipinski definition) is 9. The highest BCUT2D eigenvalue weighted by Crippen LogP contribution is 2.26. The summed E-state index contributed by atoms with van der Waals surface area (Å²) < 4.78 is 1.64. The van der Waals surface area contributed by atoms with Crippen molar-refractivity contribution in [3.8, 4) is 0 Å². The van der Waals surface area contributed by atoms with Crippen LogP contribution in [0.3, 0.4) is 0 Å². The van der Waals surface area contributed by atoms with Gasteiger partial charge in [0.1, 0.15) is 22.5 Å². The first-order chi connectivity index (χ1) is 15.1. The molecule has 1 aliphatic heterocycles. The molecule has 160 valence electrons. The minimum Gasteiger partial charge on any atom is -0.368 e. The van der Waals surface area contributed by atoms with Gasteiger partial charge in [0.2, 0.25) is 0 Å². The van der Waals surface area contributed by atoms with Gasteiger partial charge in [-0.25, -0.2) is 24.6 Å². The van der Waals surface area contributed by atoms with E-state index >= 15 is 0 Å². The molecule has 1 saturated heterocycles.